The van der Waals surface area contributed by atoms with Crippen molar-refractivity contribution >= 4 is 0 Å². The molecule has 1 aliphatic heterocycles. The Morgan fingerprint density at radius 1 is 1.37 bits per heavy atom. The van der Waals surface area contributed by atoms with E-state index in [9.17, 15) is 0 Å². The van der Waals surface area contributed by atoms with E-state index in [1.807, 2.05) is 0 Å². The number of hydrogen-bond donors (Lipinski definition) is 1. The Hall–Kier alpha value is -1.02. The van der Waals surface area contributed by atoms with Gasteiger partial charge in [-0.3, -0.25) is 0 Å². The summed E-state index contributed by atoms with van der Waals surface area (Å²) in [5, 5.41) is 3.52. The van der Waals surface area contributed by atoms with Crippen LogP contribution in [0.4, 0.5) is 0 Å². The third-order valence-electron chi connectivity index (χ3n) is 4.87. The highest BCUT2D eigenvalue weighted by atomic mass is 16.5. The third-order valence-corrected chi connectivity index (χ3v) is 4.87. The minimum Gasteiger partial charge on any atom is -0.493 e. The topological polar surface area (TPSA) is 21.3 Å². The number of nitrogens with one attached hydrogen (secondary N) is 1. The molecule has 2 unspecified atom stereocenters. The predicted molar refractivity (Wildman–Crippen MR) is 78.7 cm³/mol. The maximum atomic E-state index is 5.57. The minimum atomic E-state index is 0.664. The first-order chi connectivity index (χ1) is 9.28. The summed E-state index contributed by atoms with van der Waals surface area (Å²) in [4.78, 5) is 0. The molecule has 1 aromatic rings. The van der Waals surface area contributed by atoms with E-state index in [-0.39, 0.29) is 0 Å². The second-order valence-corrected chi connectivity index (χ2v) is 6.17. The van der Waals surface area contributed by atoms with E-state index in [2.05, 4.69) is 37.5 Å². The monoisotopic (exact) mass is 259 g/mol. The Balaban J connectivity index is 1.58. The van der Waals surface area contributed by atoms with Gasteiger partial charge in [-0.15, -0.1) is 0 Å². The zero-order chi connectivity index (χ0) is 13.2. The SMILES string of the molecule is CNC(CCc1ccc2c(c1)CCO2)C(C)C1CC1. The largest absolute Gasteiger partial charge is 0.493 e. The lowest BCUT2D eigenvalue weighted by molar-refractivity contribution is 0.342. The van der Waals surface area contributed by atoms with Gasteiger partial charge < -0.3 is 10.1 Å². The van der Waals surface area contributed by atoms with Gasteiger partial charge in [0.1, 0.15) is 5.75 Å². The van der Waals surface area contributed by atoms with Crippen LogP contribution in [0.1, 0.15) is 37.3 Å². The van der Waals surface area contributed by atoms with Gasteiger partial charge in [-0.05, 0) is 61.8 Å². The molecule has 0 saturated heterocycles. The van der Waals surface area contributed by atoms with Crippen molar-refractivity contribution in [2.24, 2.45) is 11.8 Å². The summed E-state index contributed by atoms with van der Waals surface area (Å²) in [6, 6.07) is 7.39. The lowest BCUT2D eigenvalue weighted by atomic mass is 9.91. The van der Waals surface area contributed by atoms with E-state index in [4.69, 9.17) is 4.74 Å². The summed E-state index contributed by atoms with van der Waals surface area (Å²) in [6.45, 7) is 3.27. The van der Waals surface area contributed by atoms with Gasteiger partial charge in [-0.2, -0.15) is 0 Å². The fourth-order valence-corrected chi connectivity index (χ4v) is 3.34. The number of aryl methyl sites for hydroxylation is 1. The van der Waals surface area contributed by atoms with Crippen LogP contribution in [0.3, 0.4) is 0 Å². The van der Waals surface area contributed by atoms with Crippen LogP contribution >= 0.6 is 0 Å². The van der Waals surface area contributed by atoms with Gasteiger partial charge in [0, 0.05) is 12.5 Å². The first-order valence-electron chi connectivity index (χ1n) is 7.70. The van der Waals surface area contributed by atoms with Gasteiger partial charge in [0.05, 0.1) is 6.61 Å². The van der Waals surface area contributed by atoms with Crippen LogP contribution in [0.2, 0.25) is 0 Å². The molecule has 104 valence electrons. The summed E-state index contributed by atoms with van der Waals surface area (Å²) in [6.07, 6.45) is 6.38. The number of ether oxygens (including phenoxy) is 1. The average Bonchev–Trinajstić information content (AvgIpc) is 3.17. The van der Waals surface area contributed by atoms with Gasteiger partial charge >= 0.3 is 0 Å². The molecule has 1 saturated carbocycles. The summed E-state index contributed by atoms with van der Waals surface area (Å²) >= 11 is 0. The van der Waals surface area contributed by atoms with Crippen molar-refractivity contribution in [1.29, 1.82) is 0 Å². The van der Waals surface area contributed by atoms with Crippen molar-refractivity contribution < 1.29 is 4.74 Å². The van der Waals surface area contributed by atoms with Crippen LogP contribution in [0.25, 0.3) is 0 Å². The zero-order valence-electron chi connectivity index (χ0n) is 12.1. The lowest BCUT2D eigenvalue weighted by Gasteiger charge is -2.23. The smallest absolute Gasteiger partial charge is 0.122 e. The van der Waals surface area contributed by atoms with Crippen molar-refractivity contribution in [2.45, 2.75) is 45.1 Å². The average molecular weight is 259 g/mol. The van der Waals surface area contributed by atoms with E-state index < -0.39 is 0 Å². The molecule has 2 nitrogen and oxygen atoms in total. The molecule has 2 atom stereocenters. The van der Waals surface area contributed by atoms with Crippen LogP contribution < -0.4 is 10.1 Å². The Morgan fingerprint density at radius 3 is 2.95 bits per heavy atom. The highest BCUT2D eigenvalue weighted by molar-refractivity contribution is 5.39. The van der Waals surface area contributed by atoms with Gasteiger partial charge in [0.15, 0.2) is 0 Å². The molecule has 0 aromatic heterocycles. The molecule has 0 amide bonds. The molecule has 19 heavy (non-hydrogen) atoms. The van der Waals surface area contributed by atoms with E-state index in [0.717, 1.165) is 30.6 Å². The van der Waals surface area contributed by atoms with Crippen molar-refractivity contribution in [3.63, 3.8) is 0 Å². The highest BCUT2D eigenvalue weighted by Crippen LogP contribution is 2.39. The maximum Gasteiger partial charge on any atom is 0.122 e. The first-order valence-corrected chi connectivity index (χ1v) is 7.70. The fraction of sp³-hybridized carbons (Fsp3) is 0.647. The zero-order valence-corrected chi connectivity index (χ0v) is 12.1. The molecule has 1 N–H and O–H groups in total. The summed E-state index contributed by atoms with van der Waals surface area (Å²) in [5.74, 6) is 2.90. The maximum absolute atomic E-state index is 5.57. The standard InChI is InChI=1S/C17H25NO/c1-12(14-5-6-14)16(18-2)7-3-13-4-8-17-15(11-13)9-10-19-17/h4,8,11-12,14,16,18H,3,5-7,9-10H2,1-2H3. The highest BCUT2D eigenvalue weighted by Gasteiger charge is 2.32. The van der Waals surface area contributed by atoms with Crippen LogP contribution in [0, 0.1) is 11.8 Å². The van der Waals surface area contributed by atoms with Gasteiger partial charge in [-0.25, -0.2) is 0 Å². The van der Waals surface area contributed by atoms with Gasteiger partial charge in [0.25, 0.3) is 0 Å². The fourth-order valence-electron chi connectivity index (χ4n) is 3.34. The Kier molecular flexibility index (Phi) is 3.79. The van der Waals surface area contributed by atoms with E-state index in [0.29, 0.717) is 6.04 Å². The van der Waals surface area contributed by atoms with Crippen molar-refractivity contribution in [3.8, 4) is 5.75 Å². The second-order valence-electron chi connectivity index (χ2n) is 6.17. The number of hydrogen-bond acceptors (Lipinski definition) is 2. The Bertz CT molecular complexity index is 439. The second kappa shape index (κ2) is 5.54. The van der Waals surface area contributed by atoms with E-state index in [1.54, 1.807) is 0 Å². The van der Waals surface area contributed by atoms with E-state index in [1.165, 1.54) is 36.8 Å². The molecule has 1 heterocycles. The van der Waals surface area contributed by atoms with Crippen LogP contribution in [-0.2, 0) is 12.8 Å². The summed E-state index contributed by atoms with van der Waals surface area (Å²) in [5.41, 5.74) is 2.86. The summed E-state index contributed by atoms with van der Waals surface area (Å²) in [7, 11) is 2.11. The molecule has 1 aromatic carbocycles. The molecular formula is C17H25NO. The summed E-state index contributed by atoms with van der Waals surface area (Å²) < 4.78 is 5.57. The van der Waals surface area contributed by atoms with Crippen molar-refractivity contribution in [1.82, 2.24) is 5.32 Å². The molecule has 1 aliphatic carbocycles. The first kappa shape index (κ1) is 13.0. The van der Waals surface area contributed by atoms with Crippen LogP contribution in [0.15, 0.2) is 18.2 Å². The molecular weight excluding hydrogens is 234 g/mol. The number of benzene rings is 1. The van der Waals surface area contributed by atoms with Gasteiger partial charge in [-0.1, -0.05) is 19.1 Å². The van der Waals surface area contributed by atoms with Crippen LogP contribution in [0.5, 0.6) is 5.75 Å². The molecule has 1 fully saturated rings. The molecule has 2 heteroatoms. The van der Waals surface area contributed by atoms with E-state index >= 15 is 0 Å². The molecule has 0 spiro atoms. The quantitative estimate of drug-likeness (QED) is 0.847. The molecule has 2 aliphatic rings. The molecule has 0 radical (unpaired) electrons. The van der Waals surface area contributed by atoms with Crippen molar-refractivity contribution in [2.75, 3.05) is 13.7 Å². The number of rotatable bonds is 6. The van der Waals surface area contributed by atoms with Crippen LogP contribution in [-0.4, -0.2) is 19.7 Å². The van der Waals surface area contributed by atoms with Crippen molar-refractivity contribution in [3.05, 3.63) is 29.3 Å². The minimum absolute atomic E-state index is 0.664. The Morgan fingerprint density at radius 2 is 2.21 bits per heavy atom. The molecule has 0 bridgehead atoms. The normalized spacial score (nSPS) is 20.7. The predicted octanol–water partition coefficient (Wildman–Crippen LogP) is 3.19. The lowest BCUT2D eigenvalue weighted by Crippen LogP contribution is -2.33. The molecule has 3 rings (SSSR count). The number of fused-ring (bicyclic) bond motifs is 1. The third kappa shape index (κ3) is 2.94. The Labute approximate surface area is 116 Å². The van der Waals surface area contributed by atoms with Gasteiger partial charge in [0.2, 0.25) is 0 Å².